The Bertz CT molecular complexity index is 966. The molecule has 18 N–H and O–H groups in total. The fourth-order valence-electron chi connectivity index (χ4n) is 6.97. The third-order valence-corrected chi connectivity index (χ3v) is 9.97. The van der Waals surface area contributed by atoms with Crippen LogP contribution in [-0.4, -0.2) is 179 Å². The second kappa shape index (κ2) is 19.4. The van der Waals surface area contributed by atoms with Crippen LogP contribution in [0.3, 0.4) is 0 Å². The van der Waals surface area contributed by atoms with Crippen LogP contribution in [0.4, 0.5) is 0 Å². The summed E-state index contributed by atoms with van der Waals surface area (Å²) in [6.07, 6.45) is -13.2. The highest BCUT2D eigenvalue weighted by atomic mass is 16.8. The summed E-state index contributed by atoms with van der Waals surface area (Å²) in [6.45, 7) is 0.642. The van der Waals surface area contributed by atoms with Gasteiger partial charge >= 0.3 is 0 Å². The van der Waals surface area contributed by atoms with Crippen molar-refractivity contribution in [1.29, 1.82) is 0 Å². The van der Waals surface area contributed by atoms with Crippen molar-refractivity contribution in [3.05, 3.63) is 0 Å². The summed E-state index contributed by atoms with van der Waals surface area (Å²) in [5.41, 5.74) is 30.4. The Morgan fingerprint density at radius 1 is 0.755 bits per heavy atom. The van der Waals surface area contributed by atoms with E-state index in [0.29, 0.717) is 32.4 Å². The molecule has 4 fully saturated rings. The Kier molecular flexibility index (Phi) is 16.2. The molecule has 0 amide bonds. The van der Waals surface area contributed by atoms with Crippen molar-refractivity contribution in [2.24, 2.45) is 34.6 Å². The lowest BCUT2D eigenvalue weighted by atomic mass is 9.77. The Morgan fingerprint density at radius 3 is 2.12 bits per heavy atom. The van der Waals surface area contributed by atoms with Gasteiger partial charge in [-0.05, 0) is 57.5 Å². The highest BCUT2D eigenvalue weighted by molar-refractivity contribution is 5.00. The van der Waals surface area contributed by atoms with Crippen molar-refractivity contribution in [3.63, 3.8) is 0 Å². The summed E-state index contributed by atoms with van der Waals surface area (Å²) >= 11 is 0. The first kappa shape index (κ1) is 41.0. The summed E-state index contributed by atoms with van der Waals surface area (Å²) in [4.78, 5) is 0. The molecule has 1 aliphatic carbocycles. The zero-order chi connectivity index (χ0) is 35.8. The van der Waals surface area contributed by atoms with Crippen molar-refractivity contribution in [2.75, 3.05) is 39.4 Å². The van der Waals surface area contributed by atoms with Crippen LogP contribution in [0.1, 0.15) is 38.5 Å². The third kappa shape index (κ3) is 10.2. The first-order chi connectivity index (χ1) is 23.4. The van der Waals surface area contributed by atoms with Gasteiger partial charge in [0.2, 0.25) is 0 Å². The van der Waals surface area contributed by atoms with Crippen molar-refractivity contribution in [2.45, 2.75) is 143 Å². The molecule has 0 aromatic heterocycles. The number of nitrogens with one attached hydrogen (secondary N) is 1. The van der Waals surface area contributed by atoms with E-state index in [9.17, 15) is 35.7 Å². The fourth-order valence-corrected chi connectivity index (χ4v) is 6.97. The summed E-state index contributed by atoms with van der Waals surface area (Å²) < 4.78 is 36.3. The topological polar surface area (TPSA) is 339 Å². The van der Waals surface area contributed by atoms with Crippen LogP contribution < -0.4 is 34.0 Å². The van der Waals surface area contributed by atoms with E-state index in [2.05, 4.69) is 5.32 Å². The molecular weight excluding hydrogens is 652 g/mol. The maximum atomic E-state index is 11.6. The van der Waals surface area contributed by atoms with Crippen LogP contribution in [-0.2, 0) is 28.4 Å². The Hall–Kier alpha value is -0.760. The van der Waals surface area contributed by atoms with E-state index in [4.69, 9.17) is 57.1 Å². The number of nitrogens with two attached hydrogens (primary N) is 5. The summed E-state index contributed by atoms with van der Waals surface area (Å²) in [5.74, 6) is -0.490. The second-order valence-corrected chi connectivity index (χ2v) is 13.6. The number of aliphatic hydroxyl groups is 7. The number of hydrogen-bond acceptors (Lipinski definition) is 19. The molecule has 19 nitrogen and oxygen atoms in total. The van der Waals surface area contributed by atoms with Gasteiger partial charge in [-0.3, -0.25) is 0 Å². The fraction of sp³-hybridized carbons (Fsp3) is 1.00. The van der Waals surface area contributed by atoms with E-state index in [1.54, 1.807) is 0 Å². The van der Waals surface area contributed by atoms with E-state index >= 15 is 0 Å². The van der Waals surface area contributed by atoms with Crippen LogP contribution in [0, 0.1) is 5.92 Å². The third-order valence-electron chi connectivity index (χ3n) is 9.97. The van der Waals surface area contributed by atoms with Gasteiger partial charge in [0.25, 0.3) is 0 Å². The predicted octanol–water partition coefficient (Wildman–Crippen LogP) is -6.43. The van der Waals surface area contributed by atoms with Gasteiger partial charge in [0.1, 0.15) is 48.8 Å². The minimum Gasteiger partial charge on any atom is -0.394 e. The molecule has 0 spiro atoms. The van der Waals surface area contributed by atoms with Gasteiger partial charge in [0.05, 0.1) is 43.6 Å². The van der Waals surface area contributed by atoms with Gasteiger partial charge in [0, 0.05) is 19.1 Å². The Morgan fingerprint density at radius 2 is 1.45 bits per heavy atom. The molecule has 3 saturated heterocycles. The van der Waals surface area contributed by atoms with Crippen molar-refractivity contribution < 1.29 is 64.2 Å². The van der Waals surface area contributed by atoms with Crippen molar-refractivity contribution in [3.8, 4) is 0 Å². The summed E-state index contributed by atoms with van der Waals surface area (Å²) in [6, 6.07) is -2.44. The lowest BCUT2D eigenvalue weighted by molar-refractivity contribution is -0.292. The molecule has 1 unspecified atom stereocenters. The van der Waals surface area contributed by atoms with Crippen LogP contribution in [0.15, 0.2) is 0 Å². The van der Waals surface area contributed by atoms with Gasteiger partial charge in [-0.25, -0.2) is 0 Å². The second-order valence-electron chi connectivity index (χ2n) is 13.6. The molecule has 19 heteroatoms. The first-order valence-corrected chi connectivity index (χ1v) is 17.4. The standard InChI is InChI=1S/C30H60N6O13/c31-6-1-7-36-10-15-4-5-16(33)28(44-15)47-25-17(34)8-13(2-3-14(39)11-37)21(40)27(25)49-30-24(43)26(19(12-38)46-30)48-29-20(35)23(42)22(41)18(9-32)45-29/h13-30,36-43H,1-12,31-35H2/t13-,14?,15+,16-,17+,18+,19-,20-,21+,22-,23-,24-,25-,26-,27-,28-,29-,30+/m1/s1. The number of ether oxygens (including phenoxy) is 6. The van der Waals surface area contributed by atoms with Gasteiger partial charge in [0.15, 0.2) is 18.9 Å². The van der Waals surface area contributed by atoms with Crippen molar-refractivity contribution in [1.82, 2.24) is 5.32 Å². The van der Waals surface area contributed by atoms with E-state index in [1.165, 1.54) is 0 Å². The molecule has 0 aromatic rings. The lowest BCUT2D eigenvalue weighted by Crippen LogP contribution is -2.64. The molecule has 3 heterocycles. The number of rotatable bonds is 17. The number of hydrogen-bond donors (Lipinski definition) is 13. The lowest BCUT2D eigenvalue weighted by Gasteiger charge is -2.47. The summed E-state index contributed by atoms with van der Waals surface area (Å²) in [5, 5.41) is 76.4. The Labute approximate surface area is 286 Å². The van der Waals surface area contributed by atoms with Crippen LogP contribution in [0.5, 0.6) is 0 Å². The van der Waals surface area contributed by atoms with Gasteiger partial charge in [-0.1, -0.05) is 0 Å². The summed E-state index contributed by atoms with van der Waals surface area (Å²) in [7, 11) is 0. The molecule has 4 rings (SSSR count). The zero-order valence-electron chi connectivity index (χ0n) is 27.8. The highest BCUT2D eigenvalue weighted by Gasteiger charge is 2.54. The average molecular weight is 713 g/mol. The largest absolute Gasteiger partial charge is 0.394 e. The molecule has 18 atom stereocenters. The quantitative estimate of drug-likeness (QED) is 0.0623. The van der Waals surface area contributed by atoms with Gasteiger partial charge in [-0.15, -0.1) is 0 Å². The highest BCUT2D eigenvalue weighted by Crippen LogP contribution is 2.37. The Balaban J connectivity index is 1.50. The monoisotopic (exact) mass is 712 g/mol. The average Bonchev–Trinajstić information content (AvgIpc) is 3.39. The molecule has 0 radical (unpaired) electrons. The zero-order valence-corrected chi connectivity index (χ0v) is 27.8. The number of aliphatic hydroxyl groups excluding tert-OH is 7. The van der Waals surface area contributed by atoms with Gasteiger partial charge in [-0.2, -0.15) is 0 Å². The molecular formula is C30H60N6O13. The maximum Gasteiger partial charge on any atom is 0.187 e. The molecule has 288 valence electrons. The van der Waals surface area contributed by atoms with E-state index in [1.807, 2.05) is 0 Å². The van der Waals surface area contributed by atoms with E-state index in [0.717, 1.165) is 13.0 Å². The normalized spacial score (nSPS) is 45.4. The van der Waals surface area contributed by atoms with E-state index in [-0.39, 0.29) is 25.5 Å². The van der Waals surface area contributed by atoms with Crippen LogP contribution in [0.25, 0.3) is 0 Å². The molecule has 0 bridgehead atoms. The predicted molar refractivity (Wildman–Crippen MR) is 171 cm³/mol. The minimum atomic E-state index is -1.56. The van der Waals surface area contributed by atoms with Crippen LogP contribution in [0.2, 0.25) is 0 Å². The molecule has 3 aliphatic heterocycles. The molecule has 0 aromatic carbocycles. The van der Waals surface area contributed by atoms with Crippen molar-refractivity contribution >= 4 is 0 Å². The van der Waals surface area contributed by atoms with Crippen LogP contribution >= 0.6 is 0 Å². The SMILES string of the molecule is NCCCNC[C@@H]1CC[C@@H](N)[C@@H](O[C@H]2[C@H](O[C@@H]3O[C@H](CO)[C@@H](O[C@H]4O[C@@H](CN)[C@@H](O)[C@H](O)[C@H]4N)[C@H]3O)[C@@H](O)[C@H](CCC(O)CO)C[C@@H]2N)O1. The smallest absolute Gasteiger partial charge is 0.187 e. The maximum absolute atomic E-state index is 11.6. The minimum absolute atomic E-state index is 0.151. The first-order valence-electron chi connectivity index (χ1n) is 17.4. The molecule has 4 aliphatic rings. The molecule has 1 saturated carbocycles. The van der Waals surface area contributed by atoms with E-state index < -0.39 is 117 Å². The molecule has 49 heavy (non-hydrogen) atoms. The van der Waals surface area contributed by atoms with Gasteiger partial charge < -0.3 is 98.2 Å².